The molecule has 0 radical (unpaired) electrons. The summed E-state index contributed by atoms with van der Waals surface area (Å²) >= 11 is 0. The van der Waals surface area contributed by atoms with Crippen LogP contribution in [0, 0.1) is 0 Å². The van der Waals surface area contributed by atoms with E-state index in [-0.39, 0.29) is 25.7 Å². The zero-order chi connectivity index (χ0) is 33.1. The van der Waals surface area contributed by atoms with Gasteiger partial charge in [-0.15, -0.1) is 0 Å². The molecule has 13 nitrogen and oxygen atoms in total. The number of unbranched alkanes of at least 4 members (excludes halogenated alkanes) is 12. The highest BCUT2D eigenvalue weighted by Gasteiger charge is 2.28. The molecule has 0 aromatic carbocycles. The maximum atomic E-state index is 12.3. The minimum absolute atomic E-state index is 0.129. The average Bonchev–Trinajstić information content (AvgIpc) is 2.98. The number of rotatable bonds is 30. The summed E-state index contributed by atoms with van der Waals surface area (Å²) in [5.74, 6) is -2.70. The van der Waals surface area contributed by atoms with Gasteiger partial charge in [-0.3, -0.25) is 28.2 Å². The molecule has 0 aliphatic carbocycles. The van der Waals surface area contributed by atoms with Crippen molar-refractivity contribution in [1.29, 1.82) is 0 Å². The fourth-order valence-corrected chi connectivity index (χ4v) is 4.87. The van der Waals surface area contributed by atoms with Gasteiger partial charge in [0.2, 0.25) is 0 Å². The minimum Gasteiger partial charge on any atom is -0.480 e. The summed E-state index contributed by atoms with van der Waals surface area (Å²) in [6, 6.07) is -1.56. The van der Waals surface area contributed by atoms with Gasteiger partial charge in [-0.1, -0.05) is 90.0 Å². The van der Waals surface area contributed by atoms with Gasteiger partial charge in [0.05, 0.1) is 19.3 Å². The van der Waals surface area contributed by atoms with Crippen molar-refractivity contribution in [2.24, 2.45) is 5.73 Å². The highest BCUT2D eigenvalue weighted by molar-refractivity contribution is 7.47. The second kappa shape index (κ2) is 27.2. The zero-order valence-electron chi connectivity index (χ0n) is 26.1. The van der Waals surface area contributed by atoms with Crippen molar-refractivity contribution in [3.63, 3.8) is 0 Å². The van der Waals surface area contributed by atoms with E-state index in [9.17, 15) is 33.7 Å². The van der Waals surface area contributed by atoms with Crippen molar-refractivity contribution in [2.45, 2.75) is 134 Å². The van der Waals surface area contributed by atoms with E-state index in [1.807, 2.05) is 0 Å². The highest BCUT2D eigenvalue weighted by atomic mass is 31.2. The van der Waals surface area contributed by atoms with Crippen molar-refractivity contribution in [1.82, 2.24) is 0 Å². The molecule has 0 bridgehead atoms. The Hall–Kier alpha value is -2.15. The minimum atomic E-state index is -4.76. The summed E-state index contributed by atoms with van der Waals surface area (Å²) in [6.45, 7) is 0.292. The summed E-state index contributed by atoms with van der Waals surface area (Å²) in [6.07, 6.45) is 16.4. The van der Waals surface area contributed by atoms with Crippen LogP contribution in [0.25, 0.3) is 0 Å². The van der Waals surface area contributed by atoms with Crippen LogP contribution in [0.4, 0.5) is 0 Å². The van der Waals surface area contributed by atoms with E-state index in [1.165, 1.54) is 63.9 Å². The van der Waals surface area contributed by atoms with Crippen LogP contribution in [-0.2, 0) is 42.3 Å². The highest BCUT2D eigenvalue weighted by Crippen LogP contribution is 2.43. The topological polar surface area (TPSA) is 209 Å². The van der Waals surface area contributed by atoms with Gasteiger partial charge in [0, 0.05) is 12.8 Å². The first-order chi connectivity index (χ1) is 21.0. The number of aliphatic hydroxyl groups excluding tert-OH is 1. The van der Waals surface area contributed by atoms with E-state index in [0.717, 1.165) is 25.3 Å². The maximum Gasteiger partial charge on any atom is 0.472 e. The summed E-state index contributed by atoms with van der Waals surface area (Å²) in [5.41, 5.74) is 5.25. The fourth-order valence-electron chi connectivity index (χ4n) is 4.09. The van der Waals surface area contributed by atoms with Gasteiger partial charge in [-0.2, -0.15) is 0 Å². The van der Waals surface area contributed by atoms with Crippen LogP contribution >= 0.6 is 7.82 Å². The number of carbonyl (C=O) groups excluding carboxylic acids is 3. The SMILES string of the molecule is CCCCCCCCCCCCCCCC(=O)OC[C@H](COP(=O)(O)OC[C@H](N)C(=O)O)OC(=O)CCCC(O)/C=C/C=O. The van der Waals surface area contributed by atoms with Crippen LogP contribution in [-0.4, -0.2) is 77.4 Å². The van der Waals surface area contributed by atoms with E-state index in [0.29, 0.717) is 12.7 Å². The average molecular weight is 652 g/mol. The monoisotopic (exact) mass is 651 g/mol. The van der Waals surface area contributed by atoms with E-state index >= 15 is 0 Å². The molecule has 0 heterocycles. The van der Waals surface area contributed by atoms with Gasteiger partial charge in [-0.25, -0.2) is 4.57 Å². The Balaban J connectivity index is 4.50. The number of carbonyl (C=O) groups is 4. The molecule has 5 N–H and O–H groups in total. The lowest BCUT2D eigenvalue weighted by molar-refractivity contribution is -0.161. The molecule has 0 amide bonds. The van der Waals surface area contributed by atoms with Crippen LogP contribution in [0.3, 0.4) is 0 Å². The summed E-state index contributed by atoms with van der Waals surface area (Å²) in [7, 11) is -4.76. The van der Waals surface area contributed by atoms with Crippen LogP contribution in [0.1, 0.15) is 116 Å². The number of aldehydes is 1. The van der Waals surface area contributed by atoms with Crippen LogP contribution in [0.15, 0.2) is 12.2 Å². The molecule has 0 rings (SSSR count). The van der Waals surface area contributed by atoms with Gasteiger partial charge in [-0.05, 0) is 25.3 Å². The van der Waals surface area contributed by atoms with Gasteiger partial charge in [0.25, 0.3) is 0 Å². The smallest absolute Gasteiger partial charge is 0.472 e. The van der Waals surface area contributed by atoms with Crippen molar-refractivity contribution < 1.29 is 57.4 Å². The van der Waals surface area contributed by atoms with Crippen LogP contribution in [0.5, 0.6) is 0 Å². The van der Waals surface area contributed by atoms with Crippen molar-refractivity contribution in [2.75, 3.05) is 19.8 Å². The lowest BCUT2D eigenvalue weighted by atomic mass is 10.0. The molecule has 0 aliphatic rings. The molecular formula is C30H54NO12P. The van der Waals surface area contributed by atoms with Gasteiger partial charge < -0.3 is 30.3 Å². The van der Waals surface area contributed by atoms with Crippen molar-refractivity contribution in [3.8, 4) is 0 Å². The molecule has 0 fully saturated rings. The number of allylic oxidation sites excluding steroid dienone is 1. The number of carboxylic acids is 1. The summed E-state index contributed by atoms with van der Waals surface area (Å²) < 4.78 is 31.9. The Morgan fingerprint density at radius 2 is 1.32 bits per heavy atom. The second-order valence-electron chi connectivity index (χ2n) is 10.8. The first-order valence-electron chi connectivity index (χ1n) is 15.8. The summed E-state index contributed by atoms with van der Waals surface area (Å²) in [5, 5.41) is 18.5. The molecule has 0 saturated carbocycles. The normalized spacial score (nSPS) is 14.9. The molecule has 0 aromatic rings. The van der Waals surface area contributed by atoms with E-state index in [1.54, 1.807) is 0 Å². The molecule has 256 valence electrons. The molecule has 0 spiro atoms. The maximum absolute atomic E-state index is 12.3. The zero-order valence-corrected chi connectivity index (χ0v) is 27.0. The van der Waals surface area contributed by atoms with E-state index in [2.05, 4.69) is 11.4 Å². The number of carboxylic acid groups (broad SMARTS) is 1. The van der Waals surface area contributed by atoms with Gasteiger partial charge >= 0.3 is 25.7 Å². The third kappa shape index (κ3) is 26.3. The number of nitrogens with two attached hydrogens (primary N) is 1. The largest absolute Gasteiger partial charge is 0.480 e. The molecular weight excluding hydrogens is 597 g/mol. The molecule has 44 heavy (non-hydrogen) atoms. The predicted octanol–water partition coefficient (Wildman–Crippen LogP) is 4.75. The first kappa shape index (κ1) is 41.9. The number of aliphatic carboxylic acids is 1. The Morgan fingerprint density at radius 1 is 0.795 bits per heavy atom. The summed E-state index contributed by atoms with van der Waals surface area (Å²) in [4.78, 5) is 55.5. The molecule has 0 aliphatic heterocycles. The standard InChI is InChI=1S/C30H54NO12P/c1-2-3-4-5-6-7-8-9-10-11-12-13-14-19-28(34)40-22-26(23-41-44(38,39)42-24-27(31)30(36)37)43-29(35)20-15-17-25(33)18-16-21-32/h16,18,21,25-27,33H,2-15,17,19-20,22-24,31H2,1H3,(H,36,37)(H,38,39)/b18-16+/t25?,26-,27+/m1/s1. The van der Waals surface area contributed by atoms with Crippen LogP contribution < -0.4 is 5.73 Å². The van der Waals surface area contributed by atoms with E-state index in [4.69, 9.17) is 24.8 Å². The Morgan fingerprint density at radius 3 is 1.86 bits per heavy atom. The Bertz CT molecular complexity index is 869. The molecule has 2 unspecified atom stereocenters. The quantitative estimate of drug-likeness (QED) is 0.0272. The second-order valence-corrected chi connectivity index (χ2v) is 12.2. The van der Waals surface area contributed by atoms with Crippen molar-refractivity contribution >= 4 is 32.0 Å². The number of phosphoric ester groups is 1. The lowest BCUT2D eigenvalue weighted by Crippen LogP contribution is -2.34. The molecule has 0 aromatic heterocycles. The molecule has 4 atom stereocenters. The third-order valence-corrected chi connectivity index (χ3v) is 7.61. The van der Waals surface area contributed by atoms with Gasteiger partial charge in [0.1, 0.15) is 18.9 Å². The molecule has 0 saturated heterocycles. The number of phosphoric acid groups is 1. The number of hydrogen-bond acceptors (Lipinski definition) is 11. The number of hydrogen-bond donors (Lipinski definition) is 4. The number of esters is 2. The number of ether oxygens (including phenoxy) is 2. The lowest BCUT2D eigenvalue weighted by Gasteiger charge is -2.20. The van der Waals surface area contributed by atoms with Crippen molar-refractivity contribution in [3.05, 3.63) is 12.2 Å². The third-order valence-electron chi connectivity index (χ3n) is 6.66. The Kier molecular flexibility index (Phi) is 25.9. The van der Waals surface area contributed by atoms with Gasteiger partial charge in [0.15, 0.2) is 6.10 Å². The predicted molar refractivity (Wildman–Crippen MR) is 164 cm³/mol. The number of aliphatic hydroxyl groups is 1. The fraction of sp³-hybridized carbons (Fsp3) is 0.800. The Labute approximate surface area is 261 Å². The molecule has 14 heteroatoms. The van der Waals surface area contributed by atoms with E-state index < -0.39 is 63.8 Å². The first-order valence-corrected chi connectivity index (χ1v) is 17.3. The van der Waals surface area contributed by atoms with Crippen LogP contribution in [0.2, 0.25) is 0 Å².